The van der Waals surface area contributed by atoms with Gasteiger partial charge in [-0.05, 0) is 30.7 Å². The molecular weight excluding hydrogens is 394 g/mol. The smallest absolute Gasteiger partial charge is 0.307 e. The molecule has 4 aromatic rings. The minimum Gasteiger partial charge on any atom is -0.459 e. The van der Waals surface area contributed by atoms with Crippen molar-refractivity contribution >= 4 is 44.9 Å². The fourth-order valence-electron chi connectivity index (χ4n) is 2.69. The Hall–Kier alpha value is -2.71. The fraction of sp³-hybridized carbons (Fsp3) is 0.200. The second kappa shape index (κ2) is 8.12. The Bertz CT molecular complexity index is 1180. The summed E-state index contributed by atoms with van der Waals surface area (Å²) in [5.74, 6) is 0.269. The molecule has 3 aromatic heterocycles. The number of ether oxygens (including phenoxy) is 1. The van der Waals surface area contributed by atoms with Gasteiger partial charge in [0.25, 0.3) is 5.56 Å². The van der Waals surface area contributed by atoms with Gasteiger partial charge in [0.15, 0.2) is 4.34 Å². The molecule has 6 nitrogen and oxygen atoms in total. The summed E-state index contributed by atoms with van der Waals surface area (Å²) in [6.45, 7) is 1.90. The predicted octanol–water partition coefficient (Wildman–Crippen LogP) is 3.84. The number of carbonyl (C=O) groups excluding carboxylic acids is 1. The van der Waals surface area contributed by atoms with E-state index in [2.05, 4.69) is 9.97 Å². The van der Waals surface area contributed by atoms with Crippen molar-refractivity contribution in [1.82, 2.24) is 14.4 Å². The maximum Gasteiger partial charge on any atom is 0.307 e. The Morgan fingerprint density at radius 1 is 1.21 bits per heavy atom. The van der Waals surface area contributed by atoms with Gasteiger partial charge in [-0.3, -0.25) is 14.0 Å². The van der Waals surface area contributed by atoms with Crippen molar-refractivity contribution in [1.29, 1.82) is 0 Å². The number of fused-ring (bicyclic) bond motifs is 2. The monoisotopic (exact) mass is 411 g/mol. The second-order valence-corrected chi connectivity index (χ2v) is 8.60. The molecule has 4 rings (SSSR count). The molecule has 0 aliphatic heterocycles. The van der Waals surface area contributed by atoms with Gasteiger partial charge in [0.1, 0.15) is 12.3 Å². The summed E-state index contributed by atoms with van der Waals surface area (Å²) in [5.41, 5.74) is 2.74. The van der Waals surface area contributed by atoms with Gasteiger partial charge in [-0.1, -0.05) is 30.0 Å². The van der Waals surface area contributed by atoms with Crippen LogP contribution in [0.2, 0.25) is 0 Å². The Balaban J connectivity index is 1.31. The highest BCUT2D eigenvalue weighted by Gasteiger charge is 2.09. The predicted molar refractivity (Wildman–Crippen MR) is 111 cm³/mol. The molecule has 0 unspecified atom stereocenters. The van der Waals surface area contributed by atoms with Crippen molar-refractivity contribution < 1.29 is 9.53 Å². The lowest BCUT2D eigenvalue weighted by atomic mass is 10.3. The molecule has 0 atom stereocenters. The molecule has 0 radical (unpaired) electrons. The summed E-state index contributed by atoms with van der Waals surface area (Å²) >= 11 is 3.15. The van der Waals surface area contributed by atoms with E-state index in [9.17, 15) is 9.59 Å². The van der Waals surface area contributed by atoms with Crippen molar-refractivity contribution in [3.63, 3.8) is 0 Å². The minimum atomic E-state index is -0.320. The van der Waals surface area contributed by atoms with Crippen molar-refractivity contribution in [2.75, 3.05) is 5.75 Å². The van der Waals surface area contributed by atoms with Crippen molar-refractivity contribution in [3.05, 3.63) is 70.3 Å². The molecule has 0 N–H and O–H groups in total. The molecule has 8 heteroatoms. The van der Waals surface area contributed by atoms with Crippen molar-refractivity contribution in [3.8, 4) is 0 Å². The first-order valence-electron chi connectivity index (χ1n) is 8.71. The van der Waals surface area contributed by atoms with E-state index in [1.54, 1.807) is 23.6 Å². The normalized spacial score (nSPS) is 11.2. The van der Waals surface area contributed by atoms with E-state index >= 15 is 0 Å². The van der Waals surface area contributed by atoms with Gasteiger partial charge in [0.2, 0.25) is 0 Å². The average Bonchev–Trinajstić information content (AvgIpc) is 3.10. The number of hydrogen-bond donors (Lipinski definition) is 0. The first kappa shape index (κ1) is 18.6. The van der Waals surface area contributed by atoms with E-state index in [4.69, 9.17) is 4.74 Å². The molecule has 0 amide bonds. The summed E-state index contributed by atoms with van der Waals surface area (Å²) < 4.78 is 8.83. The third-order valence-corrected chi connectivity index (χ3v) is 6.23. The van der Waals surface area contributed by atoms with Crippen LogP contribution in [0.1, 0.15) is 17.7 Å². The second-order valence-electron chi connectivity index (χ2n) is 6.23. The van der Waals surface area contributed by atoms with Crippen molar-refractivity contribution in [2.45, 2.75) is 24.3 Å². The maximum atomic E-state index is 12.2. The van der Waals surface area contributed by atoms with Gasteiger partial charge in [-0.15, -0.1) is 11.3 Å². The number of para-hydroxylation sites is 1. The van der Waals surface area contributed by atoms with Crippen LogP contribution in [0.4, 0.5) is 0 Å². The lowest BCUT2D eigenvalue weighted by molar-refractivity contribution is -0.144. The van der Waals surface area contributed by atoms with Crippen LogP contribution in [-0.2, 0) is 16.1 Å². The number of rotatable bonds is 6. The van der Waals surface area contributed by atoms with E-state index in [0.29, 0.717) is 17.1 Å². The van der Waals surface area contributed by atoms with Gasteiger partial charge in [0.05, 0.1) is 22.3 Å². The van der Waals surface area contributed by atoms with E-state index < -0.39 is 0 Å². The van der Waals surface area contributed by atoms with E-state index in [1.807, 2.05) is 37.3 Å². The average molecular weight is 412 g/mol. The number of benzene rings is 1. The standard InChI is InChI=1S/C20H17N3O3S2/c1-13-6-7-17-21-14(10-18(24)23(17)11-13)12-26-19(25)8-9-27-20-22-15-4-2-3-5-16(15)28-20/h2-7,10-11H,8-9,12H2,1H3. The number of carbonyl (C=O) groups is 1. The number of pyridine rings is 1. The molecule has 0 aliphatic rings. The highest BCUT2D eigenvalue weighted by atomic mass is 32.2. The molecule has 0 spiro atoms. The topological polar surface area (TPSA) is 73.6 Å². The lowest BCUT2D eigenvalue weighted by Gasteiger charge is -2.06. The summed E-state index contributed by atoms with van der Waals surface area (Å²) in [5, 5.41) is 0. The van der Waals surface area contributed by atoms with Gasteiger partial charge >= 0.3 is 5.97 Å². The Morgan fingerprint density at radius 3 is 2.93 bits per heavy atom. The summed E-state index contributed by atoms with van der Waals surface area (Å²) in [6.07, 6.45) is 2.01. The van der Waals surface area contributed by atoms with Crippen molar-refractivity contribution in [2.24, 2.45) is 0 Å². The molecule has 1 aromatic carbocycles. The third-order valence-electron chi connectivity index (χ3n) is 4.05. The number of esters is 1. The molecule has 142 valence electrons. The number of thiazole rings is 1. The van der Waals surface area contributed by atoms with E-state index in [1.165, 1.54) is 22.2 Å². The Kier molecular flexibility index (Phi) is 5.40. The highest BCUT2D eigenvalue weighted by Crippen LogP contribution is 2.29. The maximum absolute atomic E-state index is 12.2. The van der Waals surface area contributed by atoms with Gasteiger partial charge in [-0.25, -0.2) is 9.97 Å². The van der Waals surface area contributed by atoms with Crippen LogP contribution in [-0.4, -0.2) is 26.1 Å². The zero-order chi connectivity index (χ0) is 19.5. The number of aromatic nitrogens is 3. The number of thioether (sulfide) groups is 1. The molecule has 28 heavy (non-hydrogen) atoms. The van der Waals surface area contributed by atoms with Crippen LogP contribution in [0, 0.1) is 6.92 Å². The Morgan fingerprint density at radius 2 is 2.07 bits per heavy atom. The molecule has 0 bridgehead atoms. The highest BCUT2D eigenvalue weighted by molar-refractivity contribution is 8.01. The van der Waals surface area contributed by atoms with Gasteiger partial charge in [-0.2, -0.15) is 0 Å². The van der Waals surface area contributed by atoms with Gasteiger partial charge in [0, 0.05) is 18.0 Å². The zero-order valence-electron chi connectivity index (χ0n) is 15.1. The van der Waals surface area contributed by atoms with Crippen LogP contribution in [0.25, 0.3) is 15.9 Å². The molecule has 0 saturated heterocycles. The van der Waals surface area contributed by atoms with E-state index in [-0.39, 0.29) is 24.6 Å². The number of nitrogens with zero attached hydrogens (tertiary/aromatic N) is 3. The first-order valence-corrected chi connectivity index (χ1v) is 10.5. The molecule has 0 saturated carbocycles. The van der Waals surface area contributed by atoms with Crippen LogP contribution in [0.15, 0.2) is 57.8 Å². The SMILES string of the molecule is Cc1ccc2nc(COC(=O)CCSc3nc4ccccc4s3)cc(=O)n2c1. The van der Waals surface area contributed by atoms with Gasteiger partial charge < -0.3 is 4.74 Å². The minimum absolute atomic E-state index is 0.00967. The van der Waals surface area contributed by atoms with E-state index in [0.717, 1.165) is 20.1 Å². The van der Waals surface area contributed by atoms with Crippen LogP contribution in [0.3, 0.4) is 0 Å². The quantitative estimate of drug-likeness (QED) is 0.355. The molecule has 0 aliphatic carbocycles. The zero-order valence-corrected chi connectivity index (χ0v) is 16.8. The summed E-state index contributed by atoms with van der Waals surface area (Å²) in [7, 11) is 0. The van der Waals surface area contributed by atoms with Crippen LogP contribution < -0.4 is 5.56 Å². The lowest BCUT2D eigenvalue weighted by Crippen LogP contribution is -2.17. The molecular formula is C20H17N3O3S2. The largest absolute Gasteiger partial charge is 0.459 e. The third kappa shape index (κ3) is 4.23. The number of hydrogen-bond acceptors (Lipinski definition) is 7. The van der Waals surface area contributed by atoms with Crippen LogP contribution >= 0.6 is 23.1 Å². The summed E-state index contributed by atoms with van der Waals surface area (Å²) in [4.78, 5) is 33.1. The Labute approximate surface area is 169 Å². The molecule has 3 heterocycles. The fourth-order valence-corrected chi connectivity index (χ4v) is 4.75. The number of aryl methyl sites for hydroxylation is 1. The molecule has 0 fully saturated rings. The first-order chi connectivity index (χ1) is 13.6. The van der Waals surface area contributed by atoms with Crippen LogP contribution in [0.5, 0.6) is 0 Å². The summed E-state index contributed by atoms with van der Waals surface area (Å²) in [6, 6.07) is 13.0.